The second-order valence-electron chi connectivity index (χ2n) is 15.2. The number of fused-ring (bicyclic) bond motifs is 1. The first-order chi connectivity index (χ1) is 30.3. The van der Waals surface area contributed by atoms with E-state index in [9.17, 15) is 14.4 Å². The van der Waals surface area contributed by atoms with E-state index in [1.54, 1.807) is 30.3 Å². The molecule has 2 aromatic heterocycles. The Kier molecular flexibility index (Phi) is 13.2. The monoisotopic (exact) mass is 842 g/mol. The van der Waals surface area contributed by atoms with Gasteiger partial charge in [-0.3, -0.25) is 9.63 Å². The van der Waals surface area contributed by atoms with Crippen molar-refractivity contribution in [3.8, 4) is 33.6 Å². The highest BCUT2D eigenvalue weighted by molar-refractivity contribution is 5.91. The molecule has 62 heavy (non-hydrogen) atoms. The SMILES string of the molecule is COC[C@@H](CON1CCC[C@H]1c1ncc(-c2ccc3cc(-c4ccc(-c5cnc([C@@H]6COCCN6C(=O)[C@@H](NC(=O)OC)c6ccccc6)[nH]5)cc4)ccc3c2)[nH]1)NC(=O)OC. The number of alkyl carbamates (subject to hydrolysis) is 2. The van der Waals surface area contributed by atoms with Crippen molar-refractivity contribution >= 4 is 28.9 Å². The fourth-order valence-corrected chi connectivity index (χ4v) is 8.02. The smallest absolute Gasteiger partial charge is 0.407 e. The van der Waals surface area contributed by atoms with E-state index in [1.165, 1.54) is 14.2 Å². The Morgan fingerprint density at radius 1 is 0.742 bits per heavy atom. The largest absolute Gasteiger partial charge is 0.453 e. The molecule has 4 N–H and O–H groups in total. The van der Waals surface area contributed by atoms with Gasteiger partial charge in [0.05, 0.1) is 76.5 Å². The molecule has 0 bridgehead atoms. The number of methoxy groups -OCH3 is 3. The third kappa shape index (κ3) is 9.48. The molecule has 2 fully saturated rings. The summed E-state index contributed by atoms with van der Waals surface area (Å²) in [5.74, 6) is 1.14. The molecule has 0 radical (unpaired) electrons. The number of benzene rings is 4. The van der Waals surface area contributed by atoms with Gasteiger partial charge in [-0.25, -0.2) is 19.6 Å². The number of hydrogen-bond acceptors (Lipinski definition) is 11. The number of ether oxygens (including phenoxy) is 4. The summed E-state index contributed by atoms with van der Waals surface area (Å²) in [7, 11) is 4.17. The molecule has 0 spiro atoms. The maximum absolute atomic E-state index is 14.0. The van der Waals surface area contributed by atoms with Gasteiger partial charge in [-0.05, 0) is 58.0 Å². The minimum Gasteiger partial charge on any atom is -0.453 e. The van der Waals surface area contributed by atoms with Crippen LogP contribution in [-0.2, 0) is 28.6 Å². The van der Waals surface area contributed by atoms with Crippen molar-refractivity contribution in [2.45, 2.75) is 37.0 Å². The number of nitrogens with one attached hydrogen (secondary N) is 4. The first-order valence-corrected chi connectivity index (χ1v) is 20.6. The first kappa shape index (κ1) is 42.1. The van der Waals surface area contributed by atoms with Crippen molar-refractivity contribution < 1.29 is 38.2 Å². The molecule has 4 atom stereocenters. The molecule has 0 unspecified atom stereocenters. The molecule has 2 aliphatic heterocycles. The van der Waals surface area contributed by atoms with Crippen LogP contribution in [0.3, 0.4) is 0 Å². The predicted octanol–water partition coefficient (Wildman–Crippen LogP) is 6.72. The van der Waals surface area contributed by atoms with Gasteiger partial charge in [0, 0.05) is 25.8 Å². The standard InChI is InChI=1S/C46H50N8O8/c1-58-26-36(49-45(56)59-2)27-62-54-19-7-10-39(54)42-47-25-38(51-42)35-18-17-33-22-32(15-16-34(33)23-35)29-11-13-30(14-12-29)37-24-48-43(50-37)40-28-61-21-20-53(40)44(55)41(52-46(57)60-3)31-8-5-4-6-9-31/h4-6,8-9,11-18,22-25,36,39-41H,7,10,19-21,26-28H2,1-3H3,(H,47,51)(H,48,50)(H,49,56)(H,52,57)/t36-,39-,40-,41-/m0/s1. The van der Waals surface area contributed by atoms with Crippen LogP contribution in [-0.4, -0.2) is 115 Å². The van der Waals surface area contributed by atoms with Crippen molar-refractivity contribution in [2.24, 2.45) is 0 Å². The lowest BCUT2D eigenvalue weighted by Crippen LogP contribution is -2.49. The van der Waals surface area contributed by atoms with Crippen molar-refractivity contribution in [1.82, 2.24) is 40.5 Å². The van der Waals surface area contributed by atoms with Crippen molar-refractivity contribution in [1.29, 1.82) is 0 Å². The van der Waals surface area contributed by atoms with Gasteiger partial charge in [-0.15, -0.1) is 0 Å². The molecule has 16 nitrogen and oxygen atoms in total. The van der Waals surface area contributed by atoms with Crippen LogP contribution >= 0.6 is 0 Å². The molecule has 4 aromatic carbocycles. The number of morpholine rings is 1. The number of H-pyrrole nitrogens is 2. The Labute approximate surface area is 358 Å². The molecule has 3 amide bonds. The Morgan fingerprint density at radius 3 is 2.08 bits per heavy atom. The van der Waals surface area contributed by atoms with Crippen LogP contribution in [0.2, 0.25) is 0 Å². The van der Waals surface area contributed by atoms with Gasteiger partial charge < -0.3 is 44.4 Å². The van der Waals surface area contributed by atoms with E-state index >= 15 is 0 Å². The Hall–Kier alpha value is -6.59. The number of nitrogens with zero attached hydrogens (tertiary/aromatic N) is 4. The summed E-state index contributed by atoms with van der Waals surface area (Å²) in [5.41, 5.74) is 6.50. The van der Waals surface area contributed by atoms with Gasteiger partial charge in [0.25, 0.3) is 5.91 Å². The zero-order valence-electron chi connectivity index (χ0n) is 34.8. The van der Waals surface area contributed by atoms with Crippen molar-refractivity contribution in [3.63, 3.8) is 0 Å². The summed E-state index contributed by atoms with van der Waals surface area (Å²) in [6.07, 6.45) is 4.25. The van der Waals surface area contributed by atoms with E-state index < -0.39 is 24.3 Å². The second kappa shape index (κ2) is 19.4. The molecule has 8 rings (SSSR count). The summed E-state index contributed by atoms with van der Waals surface area (Å²) in [5, 5.41) is 9.58. The van der Waals surface area contributed by atoms with Crippen LogP contribution in [0.5, 0.6) is 0 Å². The second-order valence-corrected chi connectivity index (χ2v) is 15.2. The molecule has 0 aliphatic carbocycles. The number of amides is 3. The highest BCUT2D eigenvalue weighted by atomic mass is 16.7. The first-order valence-electron chi connectivity index (χ1n) is 20.6. The summed E-state index contributed by atoms with van der Waals surface area (Å²) < 4.78 is 20.6. The van der Waals surface area contributed by atoms with Crippen LogP contribution in [0.4, 0.5) is 9.59 Å². The number of rotatable bonds is 14. The molecule has 0 saturated carbocycles. The number of imidazole rings is 2. The molecule has 16 heteroatoms. The van der Waals surface area contributed by atoms with Crippen LogP contribution in [0.25, 0.3) is 44.4 Å². The summed E-state index contributed by atoms with van der Waals surface area (Å²) in [6, 6.07) is 28.4. The van der Waals surface area contributed by atoms with Gasteiger partial charge in [-0.1, -0.05) is 78.9 Å². The van der Waals surface area contributed by atoms with E-state index in [-0.39, 0.29) is 31.2 Å². The average molecular weight is 843 g/mol. The van der Waals surface area contributed by atoms with E-state index in [1.807, 2.05) is 29.5 Å². The normalized spacial score (nSPS) is 17.7. The lowest BCUT2D eigenvalue weighted by molar-refractivity contribution is -0.178. The third-order valence-electron chi connectivity index (χ3n) is 11.3. The van der Waals surface area contributed by atoms with E-state index in [0.717, 1.165) is 69.6 Å². The molecule has 322 valence electrons. The summed E-state index contributed by atoms with van der Waals surface area (Å²) in [6.45, 7) is 2.25. The molecular weight excluding hydrogens is 793 g/mol. The number of aromatic amines is 2. The number of carbonyl (C=O) groups excluding carboxylic acids is 3. The van der Waals surface area contributed by atoms with Gasteiger partial charge in [0.1, 0.15) is 23.7 Å². The van der Waals surface area contributed by atoms with E-state index in [4.69, 9.17) is 28.8 Å². The van der Waals surface area contributed by atoms with Gasteiger partial charge in [-0.2, -0.15) is 5.06 Å². The van der Waals surface area contributed by atoms with Gasteiger partial charge in [0.15, 0.2) is 0 Å². The highest BCUT2D eigenvalue weighted by Crippen LogP contribution is 2.34. The van der Waals surface area contributed by atoms with Crippen LogP contribution in [0.1, 0.15) is 48.2 Å². The van der Waals surface area contributed by atoms with Crippen LogP contribution in [0, 0.1) is 0 Å². The molecule has 6 aromatic rings. The maximum atomic E-state index is 14.0. The average Bonchev–Trinajstić information content (AvgIpc) is 4.12. The fourth-order valence-electron chi connectivity index (χ4n) is 8.02. The number of aromatic nitrogens is 4. The van der Waals surface area contributed by atoms with Gasteiger partial charge in [0.2, 0.25) is 0 Å². The van der Waals surface area contributed by atoms with Crippen LogP contribution < -0.4 is 10.6 Å². The Balaban J connectivity index is 0.926. The number of carbonyl (C=O) groups is 3. The predicted molar refractivity (Wildman–Crippen MR) is 230 cm³/mol. The Bertz CT molecular complexity index is 2470. The zero-order valence-corrected chi connectivity index (χ0v) is 34.8. The molecular formula is C46H50N8O8. The topological polar surface area (TPSA) is 185 Å². The molecule has 2 aliphatic rings. The quantitative estimate of drug-likeness (QED) is 0.0913. The lowest BCUT2D eigenvalue weighted by Gasteiger charge is -2.36. The number of hydrogen-bond donors (Lipinski definition) is 4. The maximum Gasteiger partial charge on any atom is 0.407 e. The molecule has 2 saturated heterocycles. The number of hydroxylamine groups is 2. The van der Waals surface area contributed by atoms with Crippen molar-refractivity contribution in [2.75, 3.05) is 60.8 Å². The van der Waals surface area contributed by atoms with E-state index in [0.29, 0.717) is 31.1 Å². The molecule has 4 heterocycles. The lowest BCUT2D eigenvalue weighted by atomic mass is 9.98. The Morgan fingerprint density at radius 2 is 1.37 bits per heavy atom. The van der Waals surface area contributed by atoms with Crippen molar-refractivity contribution in [3.05, 3.63) is 121 Å². The fraction of sp³-hybridized carbons (Fsp3) is 0.326. The minimum atomic E-state index is -0.935. The van der Waals surface area contributed by atoms with Crippen LogP contribution in [0.15, 0.2) is 103 Å². The summed E-state index contributed by atoms with van der Waals surface area (Å²) in [4.78, 5) is 62.3. The zero-order chi connectivity index (χ0) is 43.0. The minimum absolute atomic E-state index is 0.0428. The third-order valence-corrected chi connectivity index (χ3v) is 11.3. The van der Waals surface area contributed by atoms with Gasteiger partial charge >= 0.3 is 12.2 Å². The highest BCUT2D eigenvalue weighted by Gasteiger charge is 2.36. The summed E-state index contributed by atoms with van der Waals surface area (Å²) >= 11 is 0. The van der Waals surface area contributed by atoms with E-state index in [2.05, 4.69) is 86.2 Å².